The van der Waals surface area contributed by atoms with Crippen LogP contribution < -0.4 is 10.6 Å². The number of nitrogens with two attached hydrogens (primary N) is 1. The highest BCUT2D eigenvalue weighted by atomic mass is 35.5. The van der Waals surface area contributed by atoms with Gasteiger partial charge in [0, 0.05) is 19.2 Å². The van der Waals surface area contributed by atoms with Crippen LogP contribution in [0.25, 0.3) is 0 Å². The summed E-state index contributed by atoms with van der Waals surface area (Å²) in [5.74, 6) is -1.67. The van der Waals surface area contributed by atoms with E-state index < -0.39 is 28.3 Å². The molecule has 1 unspecified atom stereocenters. The lowest BCUT2D eigenvalue weighted by molar-refractivity contribution is -0.384. The fourth-order valence-electron chi connectivity index (χ4n) is 1.94. The maximum atomic E-state index is 11.8. The number of pyridine rings is 1. The van der Waals surface area contributed by atoms with E-state index in [0.29, 0.717) is 0 Å². The zero-order valence-corrected chi connectivity index (χ0v) is 10.3. The quantitative estimate of drug-likeness (QED) is 0.492. The van der Waals surface area contributed by atoms with E-state index in [1.807, 2.05) is 0 Å². The third-order valence-corrected chi connectivity index (χ3v) is 3.14. The standard InChI is InChI=1S/C10H9ClN4O4/c11-9-8(15(18)19)6(1-2-13-9)14-4-5(10(12)17)3-7(14)16/h1-2,5H,3-4H2,(H2,12,17). The molecule has 0 aromatic carbocycles. The number of primary amides is 1. The van der Waals surface area contributed by atoms with Gasteiger partial charge in [-0.3, -0.25) is 19.7 Å². The number of halogens is 1. The average molecular weight is 285 g/mol. The van der Waals surface area contributed by atoms with Crippen molar-refractivity contribution in [1.29, 1.82) is 0 Å². The molecule has 8 nitrogen and oxygen atoms in total. The Labute approximate surface area is 112 Å². The van der Waals surface area contributed by atoms with Crippen LogP contribution in [-0.2, 0) is 9.59 Å². The largest absolute Gasteiger partial charge is 0.369 e. The summed E-state index contributed by atoms with van der Waals surface area (Å²) in [6.07, 6.45) is 1.20. The van der Waals surface area contributed by atoms with Gasteiger partial charge in [0.2, 0.25) is 17.0 Å². The van der Waals surface area contributed by atoms with Crippen molar-refractivity contribution in [3.63, 3.8) is 0 Å². The van der Waals surface area contributed by atoms with E-state index in [1.54, 1.807) is 0 Å². The zero-order chi connectivity index (χ0) is 14.2. The fourth-order valence-corrected chi connectivity index (χ4v) is 2.16. The molecule has 100 valence electrons. The summed E-state index contributed by atoms with van der Waals surface area (Å²) in [7, 11) is 0. The Balaban J connectivity index is 2.43. The van der Waals surface area contributed by atoms with E-state index in [9.17, 15) is 19.7 Å². The number of hydrogen-bond donors (Lipinski definition) is 1. The summed E-state index contributed by atoms with van der Waals surface area (Å²) in [6, 6.07) is 1.31. The summed E-state index contributed by atoms with van der Waals surface area (Å²) < 4.78 is 0. The molecule has 2 N–H and O–H groups in total. The van der Waals surface area contributed by atoms with Crippen molar-refractivity contribution < 1.29 is 14.5 Å². The van der Waals surface area contributed by atoms with Gasteiger partial charge >= 0.3 is 5.69 Å². The minimum absolute atomic E-state index is 0.00927. The molecule has 2 rings (SSSR count). The van der Waals surface area contributed by atoms with Crippen LogP contribution in [0.3, 0.4) is 0 Å². The first kappa shape index (κ1) is 13.2. The van der Waals surface area contributed by atoms with Crippen molar-refractivity contribution in [2.24, 2.45) is 11.7 Å². The van der Waals surface area contributed by atoms with E-state index in [2.05, 4.69) is 4.98 Å². The number of carbonyl (C=O) groups is 2. The molecule has 9 heteroatoms. The van der Waals surface area contributed by atoms with E-state index >= 15 is 0 Å². The van der Waals surface area contributed by atoms with E-state index in [-0.39, 0.29) is 23.8 Å². The maximum Gasteiger partial charge on any atom is 0.329 e. The summed E-state index contributed by atoms with van der Waals surface area (Å²) in [5.41, 5.74) is 4.71. The first-order chi connectivity index (χ1) is 8.91. The van der Waals surface area contributed by atoms with E-state index in [1.165, 1.54) is 12.3 Å². The average Bonchev–Trinajstić information content (AvgIpc) is 2.70. The van der Waals surface area contributed by atoms with Gasteiger partial charge in [-0.15, -0.1) is 0 Å². The molecule has 1 aliphatic rings. The van der Waals surface area contributed by atoms with Crippen LogP contribution in [-0.4, -0.2) is 28.3 Å². The Kier molecular flexibility index (Phi) is 3.34. The van der Waals surface area contributed by atoms with Crippen LogP contribution in [0.15, 0.2) is 12.3 Å². The van der Waals surface area contributed by atoms with E-state index in [0.717, 1.165) is 4.90 Å². The Bertz CT molecular complexity index is 577. The fraction of sp³-hybridized carbons (Fsp3) is 0.300. The van der Waals surface area contributed by atoms with Crippen LogP contribution >= 0.6 is 11.6 Å². The lowest BCUT2D eigenvalue weighted by atomic mass is 10.1. The second kappa shape index (κ2) is 4.81. The molecule has 0 saturated carbocycles. The van der Waals surface area contributed by atoms with Crippen molar-refractivity contribution in [3.05, 3.63) is 27.5 Å². The van der Waals surface area contributed by atoms with Crippen molar-refractivity contribution in [3.8, 4) is 0 Å². The third-order valence-electron chi connectivity index (χ3n) is 2.86. The molecular weight excluding hydrogens is 276 g/mol. The molecule has 0 bridgehead atoms. The number of aromatic nitrogens is 1. The minimum Gasteiger partial charge on any atom is -0.369 e. The molecule has 1 saturated heterocycles. The van der Waals surface area contributed by atoms with Crippen molar-refractivity contribution in [2.45, 2.75) is 6.42 Å². The molecule has 0 aliphatic carbocycles. The lowest BCUT2D eigenvalue weighted by Crippen LogP contribution is -2.29. The first-order valence-electron chi connectivity index (χ1n) is 5.30. The lowest BCUT2D eigenvalue weighted by Gasteiger charge is -2.16. The number of anilines is 1. The molecule has 19 heavy (non-hydrogen) atoms. The highest BCUT2D eigenvalue weighted by Crippen LogP contribution is 2.36. The van der Waals surface area contributed by atoms with E-state index in [4.69, 9.17) is 17.3 Å². The number of hydrogen-bond acceptors (Lipinski definition) is 5. The van der Waals surface area contributed by atoms with Crippen LogP contribution in [0.4, 0.5) is 11.4 Å². The van der Waals surface area contributed by atoms with Gasteiger partial charge in [-0.25, -0.2) is 4.98 Å². The predicted octanol–water partition coefficient (Wildman–Crippen LogP) is 0.481. The second-order valence-corrected chi connectivity index (χ2v) is 4.39. The highest BCUT2D eigenvalue weighted by Gasteiger charge is 2.37. The maximum absolute atomic E-state index is 11.8. The Morgan fingerprint density at radius 2 is 2.32 bits per heavy atom. The second-order valence-electron chi connectivity index (χ2n) is 4.03. The molecule has 2 amide bonds. The SMILES string of the molecule is NC(=O)C1CC(=O)N(c2ccnc(Cl)c2[N+](=O)[O-])C1. The third kappa shape index (κ3) is 2.34. The molecule has 0 radical (unpaired) electrons. The van der Waals surface area contributed by atoms with Crippen LogP contribution in [0.2, 0.25) is 5.15 Å². The molecular formula is C10H9ClN4O4. The number of rotatable bonds is 3. The van der Waals surface area contributed by atoms with Gasteiger partial charge in [0.05, 0.1) is 10.8 Å². The summed E-state index contributed by atoms with van der Waals surface area (Å²) in [5, 5.41) is 10.7. The molecule has 1 atom stereocenters. The number of nitro groups is 1. The zero-order valence-electron chi connectivity index (χ0n) is 9.58. The topological polar surface area (TPSA) is 119 Å². The van der Waals surface area contributed by atoms with Crippen LogP contribution in [0.1, 0.15) is 6.42 Å². The van der Waals surface area contributed by atoms with Gasteiger partial charge in [0.15, 0.2) is 0 Å². The van der Waals surface area contributed by atoms with Gasteiger partial charge in [-0.2, -0.15) is 0 Å². The normalized spacial score (nSPS) is 18.7. The Morgan fingerprint density at radius 1 is 1.63 bits per heavy atom. The summed E-state index contributed by atoms with van der Waals surface area (Å²) in [6.45, 7) is 0.00927. The summed E-state index contributed by atoms with van der Waals surface area (Å²) in [4.78, 5) is 37.9. The van der Waals surface area contributed by atoms with Crippen LogP contribution in [0.5, 0.6) is 0 Å². The Hall–Kier alpha value is -2.22. The monoisotopic (exact) mass is 284 g/mol. The first-order valence-corrected chi connectivity index (χ1v) is 5.68. The molecule has 2 heterocycles. The molecule has 1 aliphatic heterocycles. The number of carbonyl (C=O) groups excluding carboxylic acids is 2. The van der Waals surface area contributed by atoms with Crippen molar-refractivity contribution >= 4 is 34.8 Å². The summed E-state index contributed by atoms with van der Waals surface area (Å²) >= 11 is 5.67. The van der Waals surface area contributed by atoms with Crippen molar-refractivity contribution in [2.75, 3.05) is 11.4 Å². The van der Waals surface area contributed by atoms with Gasteiger partial charge in [0.1, 0.15) is 5.69 Å². The van der Waals surface area contributed by atoms with Gasteiger partial charge < -0.3 is 10.6 Å². The van der Waals surface area contributed by atoms with Crippen LogP contribution in [0, 0.1) is 16.0 Å². The Morgan fingerprint density at radius 3 is 2.84 bits per heavy atom. The molecule has 1 aromatic heterocycles. The molecule has 0 spiro atoms. The van der Waals surface area contributed by atoms with Gasteiger partial charge in [-0.1, -0.05) is 11.6 Å². The number of amides is 2. The van der Waals surface area contributed by atoms with Gasteiger partial charge in [-0.05, 0) is 6.07 Å². The van der Waals surface area contributed by atoms with Crippen molar-refractivity contribution in [1.82, 2.24) is 4.98 Å². The highest BCUT2D eigenvalue weighted by molar-refractivity contribution is 6.32. The molecule has 1 aromatic rings. The predicted molar refractivity (Wildman–Crippen MR) is 65.6 cm³/mol. The number of nitrogens with zero attached hydrogens (tertiary/aromatic N) is 3. The van der Waals surface area contributed by atoms with Gasteiger partial charge in [0.25, 0.3) is 0 Å². The smallest absolute Gasteiger partial charge is 0.329 e. The minimum atomic E-state index is -0.713. The molecule has 1 fully saturated rings.